The van der Waals surface area contributed by atoms with Crippen molar-refractivity contribution < 1.29 is 9.53 Å². The summed E-state index contributed by atoms with van der Waals surface area (Å²) in [5, 5.41) is 6.37. The zero-order chi connectivity index (χ0) is 24.5. The van der Waals surface area contributed by atoms with E-state index < -0.39 is 0 Å². The van der Waals surface area contributed by atoms with Crippen molar-refractivity contribution in [2.75, 3.05) is 26.3 Å². The molecule has 35 heavy (non-hydrogen) atoms. The minimum Gasteiger partial charge on any atom is -0.398 e. The second-order valence-corrected chi connectivity index (χ2v) is 9.45. The number of rotatable bonds is 3. The first-order valence-electron chi connectivity index (χ1n) is 12.2. The predicted octanol–water partition coefficient (Wildman–Crippen LogP) is 3.49. The zero-order valence-corrected chi connectivity index (χ0v) is 20.6. The first kappa shape index (κ1) is 23.2. The first-order chi connectivity index (χ1) is 16.9. The number of piperidine rings is 1. The monoisotopic (exact) mass is 472 g/mol. The second-order valence-electron chi connectivity index (χ2n) is 9.45. The van der Waals surface area contributed by atoms with Crippen LogP contribution in [0.4, 0.5) is 0 Å². The van der Waals surface area contributed by atoms with Gasteiger partial charge in [-0.1, -0.05) is 12.1 Å². The number of aromatic nitrogens is 3. The van der Waals surface area contributed by atoms with E-state index >= 15 is 0 Å². The van der Waals surface area contributed by atoms with Gasteiger partial charge in [0, 0.05) is 92.6 Å². The van der Waals surface area contributed by atoms with E-state index in [4.69, 9.17) is 20.4 Å². The highest BCUT2D eigenvalue weighted by Gasteiger charge is 2.26. The molecule has 182 valence electrons. The number of hydrogen-bond donors (Lipinski definition) is 1. The Balaban J connectivity index is 1.61. The number of aryl methyl sites for hydroxylation is 2. The van der Waals surface area contributed by atoms with Gasteiger partial charge in [-0.25, -0.2) is 0 Å². The van der Waals surface area contributed by atoms with Crippen molar-refractivity contribution in [2.45, 2.75) is 39.2 Å². The molecule has 0 saturated carbocycles. The van der Waals surface area contributed by atoms with Crippen LogP contribution in [-0.2, 0) is 16.6 Å². The standard InChI is InChI=1S/C27H32N6O2/c1-17-4-5-21(23-14-29-26(12-22(17)23)19-13-30-32(3)15-19)27(28)24-16-33(18(2)34)9-6-25(24)31-20-7-10-35-11-8-20/h4-5,12-15,20H,6-11,16,28H2,1-3H3. The van der Waals surface area contributed by atoms with Crippen molar-refractivity contribution >= 4 is 28.1 Å². The summed E-state index contributed by atoms with van der Waals surface area (Å²) < 4.78 is 7.29. The van der Waals surface area contributed by atoms with Gasteiger partial charge >= 0.3 is 0 Å². The highest BCUT2D eigenvalue weighted by Crippen LogP contribution is 2.31. The van der Waals surface area contributed by atoms with E-state index in [0.29, 0.717) is 25.2 Å². The maximum atomic E-state index is 12.2. The van der Waals surface area contributed by atoms with Crippen molar-refractivity contribution in [3.63, 3.8) is 0 Å². The van der Waals surface area contributed by atoms with Crippen LogP contribution in [0.2, 0.25) is 0 Å². The molecule has 0 radical (unpaired) electrons. The quantitative estimate of drug-likeness (QED) is 0.629. The Morgan fingerprint density at radius 3 is 2.71 bits per heavy atom. The molecule has 0 aliphatic carbocycles. The average Bonchev–Trinajstić information content (AvgIpc) is 3.31. The van der Waals surface area contributed by atoms with Crippen molar-refractivity contribution in [1.29, 1.82) is 0 Å². The van der Waals surface area contributed by atoms with Crippen LogP contribution in [0.1, 0.15) is 37.3 Å². The molecule has 4 heterocycles. The van der Waals surface area contributed by atoms with Gasteiger partial charge in [0.25, 0.3) is 0 Å². The van der Waals surface area contributed by atoms with Crippen molar-refractivity contribution in [1.82, 2.24) is 19.7 Å². The Morgan fingerprint density at radius 2 is 2.00 bits per heavy atom. The van der Waals surface area contributed by atoms with Gasteiger partial charge < -0.3 is 15.4 Å². The molecule has 2 fully saturated rings. The van der Waals surface area contributed by atoms with E-state index in [1.54, 1.807) is 11.6 Å². The van der Waals surface area contributed by atoms with Gasteiger partial charge in [-0.05, 0) is 36.8 Å². The van der Waals surface area contributed by atoms with Crippen LogP contribution in [0.25, 0.3) is 27.7 Å². The predicted molar refractivity (Wildman–Crippen MR) is 138 cm³/mol. The number of nitrogens with zero attached hydrogens (tertiary/aromatic N) is 5. The van der Waals surface area contributed by atoms with E-state index in [-0.39, 0.29) is 11.9 Å². The third kappa shape index (κ3) is 4.71. The lowest BCUT2D eigenvalue weighted by atomic mass is 9.92. The van der Waals surface area contributed by atoms with Crippen LogP contribution >= 0.6 is 0 Å². The molecular formula is C27H32N6O2. The fraction of sp³-hybridized carbons (Fsp3) is 0.407. The van der Waals surface area contributed by atoms with Crippen molar-refractivity contribution in [3.8, 4) is 11.3 Å². The summed E-state index contributed by atoms with van der Waals surface area (Å²) in [5.41, 5.74) is 13.4. The molecule has 0 unspecified atom stereocenters. The number of aliphatic imine (C=N–C) groups is 1. The maximum absolute atomic E-state index is 12.2. The summed E-state index contributed by atoms with van der Waals surface area (Å²) in [5.74, 6) is 0.0527. The van der Waals surface area contributed by atoms with Gasteiger partial charge in [0.15, 0.2) is 0 Å². The molecule has 0 atom stereocenters. The number of nitrogens with two attached hydrogens (primary N) is 1. The molecule has 2 aliphatic rings. The molecule has 2 saturated heterocycles. The lowest BCUT2D eigenvalue weighted by molar-refractivity contribution is -0.128. The summed E-state index contributed by atoms with van der Waals surface area (Å²) in [4.78, 5) is 23.9. The van der Waals surface area contributed by atoms with Gasteiger partial charge in [-0.2, -0.15) is 5.10 Å². The average molecular weight is 473 g/mol. The lowest BCUT2D eigenvalue weighted by Gasteiger charge is -2.31. The Morgan fingerprint density at radius 1 is 1.20 bits per heavy atom. The number of fused-ring (bicyclic) bond motifs is 1. The van der Waals surface area contributed by atoms with Gasteiger partial charge in [0.1, 0.15) is 0 Å². The van der Waals surface area contributed by atoms with Crippen LogP contribution in [0.3, 0.4) is 0 Å². The summed E-state index contributed by atoms with van der Waals surface area (Å²) in [6.45, 7) is 6.32. The number of carbonyl (C=O) groups is 1. The molecule has 2 aliphatic heterocycles. The van der Waals surface area contributed by atoms with Crippen molar-refractivity contribution in [2.24, 2.45) is 17.8 Å². The number of hydrogen-bond acceptors (Lipinski definition) is 6. The normalized spacial score (nSPS) is 20.0. The molecule has 0 bridgehead atoms. The van der Waals surface area contributed by atoms with Crippen LogP contribution in [0, 0.1) is 6.92 Å². The summed E-state index contributed by atoms with van der Waals surface area (Å²) in [6, 6.07) is 6.50. The Labute approximate surface area is 205 Å². The third-order valence-electron chi connectivity index (χ3n) is 7.03. The lowest BCUT2D eigenvalue weighted by Crippen LogP contribution is -2.40. The van der Waals surface area contributed by atoms with E-state index in [9.17, 15) is 4.79 Å². The van der Waals surface area contributed by atoms with Crippen LogP contribution in [-0.4, -0.2) is 63.6 Å². The molecule has 1 amide bonds. The number of pyridine rings is 1. The summed E-state index contributed by atoms with van der Waals surface area (Å²) in [7, 11) is 1.90. The van der Waals surface area contributed by atoms with E-state index in [1.165, 1.54) is 0 Å². The van der Waals surface area contributed by atoms with Gasteiger partial charge in [0.05, 0.1) is 17.9 Å². The third-order valence-corrected chi connectivity index (χ3v) is 7.03. The Bertz CT molecular complexity index is 1330. The number of benzene rings is 1. The molecule has 1 aromatic carbocycles. The zero-order valence-electron chi connectivity index (χ0n) is 20.6. The molecule has 8 nitrogen and oxygen atoms in total. The van der Waals surface area contributed by atoms with Crippen LogP contribution in [0.15, 0.2) is 47.4 Å². The highest BCUT2D eigenvalue weighted by atomic mass is 16.5. The summed E-state index contributed by atoms with van der Waals surface area (Å²) in [6.07, 6.45) is 8.22. The smallest absolute Gasteiger partial charge is 0.219 e. The summed E-state index contributed by atoms with van der Waals surface area (Å²) >= 11 is 0. The Hall–Kier alpha value is -3.52. The molecule has 3 aromatic rings. The first-order valence-corrected chi connectivity index (χ1v) is 12.2. The van der Waals surface area contributed by atoms with E-state index in [1.807, 2.05) is 30.5 Å². The number of likely N-dealkylation sites (tertiary alicyclic amines) is 1. The fourth-order valence-corrected chi connectivity index (χ4v) is 4.93. The molecule has 2 N–H and O–H groups in total. The fourth-order valence-electron chi connectivity index (χ4n) is 4.93. The van der Waals surface area contributed by atoms with Gasteiger partial charge in [0.2, 0.25) is 5.91 Å². The van der Waals surface area contributed by atoms with E-state index in [2.05, 4.69) is 30.2 Å². The number of carbonyl (C=O) groups excluding carboxylic acids is 1. The van der Waals surface area contributed by atoms with Gasteiger partial charge in [-0.15, -0.1) is 0 Å². The van der Waals surface area contributed by atoms with Crippen LogP contribution < -0.4 is 5.73 Å². The molecule has 2 aromatic heterocycles. The van der Waals surface area contributed by atoms with E-state index in [0.717, 1.165) is 70.5 Å². The van der Waals surface area contributed by atoms with Gasteiger partial charge in [-0.3, -0.25) is 19.5 Å². The second kappa shape index (κ2) is 9.62. The molecule has 5 rings (SSSR count). The minimum atomic E-state index is 0.0527. The number of amides is 1. The molecular weight excluding hydrogens is 440 g/mol. The topological polar surface area (TPSA) is 98.6 Å². The Kier molecular flexibility index (Phi) is 6.38. The maximum Gasteiger partial charge on any atom is 0.219 e. The SMILES string of the molecule is CC(=O)N1CCC(=NC2CCOCC2)C(=C(N)c2ccc(C)c3cc(-c4cnn(C)c4)ncc23)C1. The minimum absolute atomic E-state index is 0.0527. The van der Waals surface area contributed by atoms with Crippen LogP contribution in [0.5, 0.6) is 0 Å². The molecule has 0 spiro atoms. The highest BCUT2D eigenvalue weighted by molar-refractivity contribution is 6.10. The molecule has 8 heteroatoms. The number of ether oxygens (including phenoxy) is 1. The van der Waals surface area contributed by atoms with Crippen molar-refractivity contribution in [3.05, 3.63) is 53.5 Å². The largest absolute Gasteiger partial charge is 0.398 e.